The Kier molecular flexibility index (Phi) is 5.96. The maximum Gasteiger partial charge on any atom is 0.257 e. The zero-order valence-corrected chi connectivity index (χ0v) is 18.6. The van der Waals surface area contributed by atoms with Crippen molar-refractivity contribution in [2.24, 2.45) is 0 Å². The molecule has 1 fully saturated rings. The number of nitrogens with one attached hydrogen (secondary N) is 1. The third kappa shape index (κ3) is 4.22. The summed E-state index contributed by atoms with van der Waals surface area (Å²) in [6.07, 6.45) is -0.539. The molecule has 0 saturated carbocycles. The molecule has 1 amide bonds. The van der Waals surface area contributed by atoms with Crippen molar-refractivity contribution >= 4 is 42.6 Å². The zero-order valence-electron chi connectivity index (χ0n) is 16.9. The van der Waals surface area contributed by atoms with Gasteiger partial charge in [-0.15, -0.1) is 0 Å². The van der Waals surface area contributed by atoms with Crippen LogP contribution in [0.3, 0.4) is 0 Å². The molecule has 7 nitrogen and oxygen atoms in total. The Balaban J connectivity index is 1.59. The molecule has 1 aromatic heterocycles. The van der Waals surface area contributed by atoms with Gasteiger partial charge >= 0.3 is 0 Å². The Bertz CT molecular complexity index is 1300. The number of thiazole rings is 1. The van der Waals surface area contributed by atoms with Gasteiger partial charge in [0.2, 0.25) is 10.0 Å². The topological polar surface area (TPSA) is 88.6 Å². The van der Waals surface area contributed by atoms with Gasteiger partial charge in [-0.2, -0.15) is 4.31 Å². The van der Waals surface area contributed by atoms with Crippen molar-refractivity contribution in [3.63, 3.8) is 0 Å². The van der Waals surface area contributed by atoms with Crippen LogP contribution in [0.5, 0.6) is 0 Å². The Morgan fingerprint density at radius 2 is 1.84 bits per heavy atom. The lowest BCUT2D eigenvalue weighted by atomic mass is 10.2. The van der Waals surface area contributed by atoms with Gasteiger partial charge in [0, 0.05) is 18.7 Å². The van der Waals surface area contributed by atoms with Crippen LogP contribution in [-0.2, 0) is 14.8 Å². The molecular formula is C20H18F3N3O4S2. The predicted molar refractivity (Wildman–Crippen MR) is 113 cm³/mol. The minimum absolute atomic E-state index is 0.0172. The summed E-state index contributed by atoms with van der Waals surface area (Å²) >= 11 is 0.760. The largest absolute Gasteiger partial charge is 0.373 e. The van der Waals surface area contributed by atoms with Crippen molar-refractivity contribution in [3.8, 4) is 0 Å². The summed E-state index contributed by atoms with van der Waals surface area (Å²) in [5.74, 6) is -5.16. The van der Waals surface area contributed by atoms with Gasteiger partial charge in [-0.25, -0.2) is 26.6 Å². The second-order valence-electron chi connectivity index (χ2n) is 7.41. The third-order valence-corrected chi connectivity index (χ3v) is 7.61. The van der Waals surface area contributed by atoms with Gasteiger partial charge in [0.05, 0.1) is 21.8 Å². The number of anilines is 1. The molecule has 2 atom stereocenters. The van der Waals surface area contributed by atoms with E-state index in [4.69, 9.17) is 4.74 Å². The lowest BCUT2D eigenvalue weighted by molar-refractivity contribution is -0.0440. The molecule has 1 aliphatic heterocycles. The minimum atomic E-state index is -3.87. The molecule has 170 valence electrons. The van der Waals surface area contributed by atoms with Crippen LogP contribution in [0.4, 0.5) is 18.3 Å². The molecule has 0 spiro atoms. The summed E-state index contributed by atoms with van der Waals surface area (Å²) in [7, 11) is -3.87. The van der Waals surface area contributed by atoms with Crippen molar-refractivity contribution in [1.29, 1.82) is 0 Å². The molecule has 1 saturated heterocycles. The van der Waals surface area contributed by atoms with E-state index >= 15 is 0 Å². The number of sulfonamides is 1. The molecule has 0 radical (unpaired) electrons. The molecule has 2 heterocycles. The van der Waals surface area contributed by atoms with Crippen LogP contribution >= 0.6 is 11.3 Å². The van der Waals surface area contributed by atoms with Gasteiger partial charge in [-0.1, -0.05) is 17.4 Å². The van der Waals surface area contributed by atoms with Crippen molar-refractivity contribution < 1.29 is 31.1 Å². The predicted octanol–water partition coefficient (Wildman–Crippen LogP) is 3.76. The van der Waals surface area contributed by atoms with E-state index in [1.165, 1.54) is 28.6 Å². The highest BCUT2D eigenvalue weighted by atomic mass is 32.2. The number of carbonyl (C=O) groups excluding carboxylic acids is 1. The Morgan fingerprint density at radius 1 is 1.16 bits per heavy atom. The maximum atomic E-state index is 13.9. The lowest BCUT2D eigenvalue weighted by Crippen LogP contribution is -2.48. The number of fused-ring (bicyclic) bond motifs is 1. The Labute approximate surface area is 185 Å². The minimum Gasteiger partial charge on any atom is -0.373 e. The molecule has 0 bridgehead atoms. The van der Waals surface area contributed by atoms with Gasteiger partial charge < -0.3 is 4.74 Å². The number of aromatic nitrogens is 1. The molecule has 1 aliphatic rings. The van der Waals surface area contributed by atoms with E-state index in [-0.39, 0.29) is 45.6 Å². The first-order valence-electron chi connectivity index (χ1n) is 9.57. The first-order valence-corrected chi connectivity index (χ1v) is 11.8. The quantitative estimate of drug-likeness (QED) is 0.569. The normalized spacial score (nSPS) is 19.9. The van der Waals surface area contributed by atoms with Crippen LogP contribution in [0.25, 0.3) is 10.2 Å². The van der Waals surface area contributed by atoms with Crippen LogP contribution in [0.2, 0.25) is 0 Å². The number of nitrogens with zero attached hydrogens (tertiary/aromatic N) is 2. The molecule has 3 aromatic rings. The summed E-state index contributed by atoms with van der Waals surface area (Å²) < 4.78 is 73.7. The van der Waals surface area contributed by atoms with Gasteiger partial charge in [-0.3, -0.25) is 10.1 Å². The summed E-state index contributed by atoms with van der Waals surface area (Å²) in [6, 6.07) is 6.24. The van der Waals surface area contributed by atoms with Crippen LogP contribution in [0.1, 0.15) is 24.2 Å². The number of hydrogen-bond donors (Lipinski definition) is 1. The summed E-state index contributed by atoms with van der Waals surface area (Å²) in [5, 5.41) is 2.33. The average Bonchev–Trinajstić information content (AvgIpc) is 3.13. The van der Waals surface area contributed by atoms with Crippen molar-refractivity contribution in [1.82, 2.24) is 9.29 Å². The second-order valence-corrected chi connectivity index (χ2v) is 10.4. The molecule has 2 aromatic carbocycles. The van der Waals surface area contributed by atoms with Gasteiger partial charge in [0.25, 0.3) is 5.91 Å². The summed E-state index contributed by atoms with van der Waals surface area (Å²) in [5.41, 5.74) is -0.381. The fourth-order valence-electron chi connectivity index (χ4n) is 3.47. The smallest absolute Gasteiger partial charge is 0.257 e. The van der Waals surface area contributed by atoms with Crippen LogP contribution in [-0.4, -0.2) is 48.9 Å². The van der Waals surface area contributed by atoms with Crippen molar-refractivity contribution in [3.05, 3.63) is 53.3 Å². The first-order chi connectivity index (χ1) is 15.1. The van der Waals surface area contributed by atoms with Gasteiger partial charge in [0.1, 0.15) is 5.52 Å². The highest BCUT2D eigenvalue weighted by Gasteiger charge is 2.32. The second kappa shape index (κ2) is 8.43. The summed E-state index contributed by atoms with van der Waals surface area (Å²) in [4.78, 5) is 16.4. The van der Waals surface area contributed by atoms with E-state index in [2.05, 4.69) is 10.3 Å². The van der Waals surface area contributed by atoms with E-state index in [0.29, 0.717) is 0 Å². The average molecular weight is 486 g/mol. The number of amides is 1. The number of halogens is 3. The Hall–Kier alpha value is -2.54. The molecule has 1 N–H and O–H groups in total. The number of morpholine rings is 1. The third-order valence-electron chi connectivity index (χ3n) is 4.86. The van der Waals surface area contributed by atoms with Crippen LogP contribution < -0.4 is 5.32 Å². The van der Waals surface area contributed by atoms with Gasteiger partial charge in [0.15, 0.2) is 22.6 Å². The highest BCUT2D eigenvalue weighted by molar-refractivity contribution is 7.89. The van der Waals surface area contributed by atoms with Crippen molar-refractivity contribution in [2.75, 3.05) is 18.4 Å². The zero-order chi connectivity index (χ0) is 23.2. The van der Waals surface area contributed by atoms with E-state index in [0.717, 1.165) is 17.4 Å². The lowest BCUT2D eigenvalue weighted by Gasteiger charge is -2.34. The molecule has 4 rings (SSSR count). The molecule has 0 aliphatic carbocycles. The van der Waals surface area contributed by atoms with E-state index in [1.54, 1.807) is 13.8 Å². The van der Waals surface area contributed by atoms with E-state index < -0.39 is 38.9 Å². The fourth-order valence-corrected chi connectivity index (χ4v) is 5.99. The monoisotopic (exact) mass is 485 g/mol. The maximum absolute atomic E-state index is 13.9. The number of ether oxygens (including phenoxy) is 1. The molecule has 2 unspecified atom stereocenters. The van der Waals surface area contributed by atoms with Crippen molar-refractivity contribution in [2.45, 2.75) is 31.0 Å². The number of rotatable bonds is 4. The number of carbonyl (C=O) groups is 1. The number of hydrogen-bond acceptors (Lipinski definition) is 6. The molecule has 12 heteroatoms. The first kappa shape index (κ1) is 22.6. The Morgan fingerprint density at radius 3 is 2.53 bits per heavy atom. The van der Waals surface area contributed by atoms with E-state index in [9.17, 15) is 26.4 Å². The van der Waals surface area contributed by atoms with E-state index in [1.807, 2.05) is 0 Å². The van der Waals surface area contributed by atoms with Crippen LogP contribution in [0.15, 0.2) is 35.2 Å². The fraction of sp³-hybridized carbons (Fsp3) is 0.300. The SMILES string of the molecule is CC1CN(S(=O)(=O)c2cccc(C(=O)Nc3nc4c(F)c(F)c(F)cc4s3)c2)CC(C)O1. The molecule has 32 heavy (non-hydrogen) atoms. The highest BCUT2D eigenvalue weighted by Crippen LogP contribution is 2.31. The summed E-state index contributed by atoms with van der Waals surface area (Å²) in [6.45, 7) is 3.93. The van der Waals surface area contributed by atoms with Gasteiger partial charge in [-0.05, 0) is 38.1 Å². The standard InChI is InChI=1S/C20H18F3N3O4S2/c1-10-8-26(9-11(2)30-10)32(28,29)13-5-3-4-12(6-13)19(27)25-20-24-18-15(31-20)7-14(21)16(22)17(18)23/h3-7,10-11H,8-9H2,1-2H3,(H,24,25,27). The number of benzene rings is 2. The molecular weight excluding hydrogens is 467 g/mol. The van der Waals surface area contributed by atoms with Crippen LogP contribution in [0, 0.1) is 17.5 Å².